The Morgan fingerprint density at radius 1 is 1.31 bits per heavy atom. The fourth-order valence-corrected chi connectivity index (χ4v) is 1.22. The Bertz CT molecular complexity index is 387. The smallest absolute Gasteiger partial charge is 0.337 e. The van der Waals surface area contributed by atoms with E-state index in [0.29, 0.717) is 11.3 Å². The molecule has 0 unspecified atom stereocenters. The van der Waals surface area contributed by atoms with Crippen LogP contribution in [0.15, 0.2) is 24.3 Å². The van der Waals surface area contributed by atoms with Gasteiger partial charge in [-0.1, -0.05) is 0 Å². The average Bonchev–Trinajstić information content (AvgIpc) is 2.36. The van der Waals surface area contributed by atoms with Crippen LogP contribution in [0.1, 0.15) is 10.4 Å². The van der Waals surface area contributed by atoms with E-state index < -0.39 is 5.97 Å². The van der Waals surface area contributed by atoms with Gasteiger partial charge in [0, 0.05) is 12.7 Å². The lowest BCUT2D eigenvalue weighted by Crippen LogP contribution is -2.32. The van der Waals surface area contributed by atoms with Crippen LogP contribution in [-0.2, 0) is 9.53 Å². The Labute approximate surface area is 93.8 Å². The van der Waals surface area contributed by atoms with Crippen LogP contribution in [0.3, 0.4) is 0 Å². The second-order valence-electron chi connectivity index (χ2n) is 3.20. The van der Waals surface area contributed by atoms with Crippen LogP contribution in [0.2, 0.25) is 0 Å². The highest BCUT2D eigenvalue weighted by molar-refractivity contribution is 5.95. The summed E-state index contributed by atoms with van der Waals surface area (Å²) in [7, 11) is 2.95. The molecule has 1 rings (SSSR count). The molecule has 5 nitrogen and oxygen atoms in total. The molecule has 0 spiro atoms. The third-order valence-electron chi connectivity index (χ3n) is 2.22. The minimum atomic E-state index is -0.403. The normalized spacial score (nSPS) is 9.69. The number of carbonyl (C=O) groups is 2. The summed E-state index contributed by atoms with van der Waals surface area (Å²) in [6.45, 7) is -0.0464. The largest absolute Gasteiger partial charge is 0.465 e. The topological polar surface area (TPSA) is 72.6 Å². The molecule has 0 fully saturated rings. The second kappa shape index (κ2) is 5.27. The first-order valence-corrected chi connectivity index (χ1v) is 4.75. The summed E-state index contributed by atoms with van der Waals surface area (Å²) in [4.78, 5) is 23.9. The third kappa shape index (κ3) is 2.58. The first-order valence-electron chi connectivity index (χ1n) is 4.75. The molecule has 0 saturated carbocycles. The van der Waals surface area contributed by atoms with Gasteiger partial charge in [0.05, 0.1) is 19.2 Å². The van der Waals surface area contributed by atoms with E-state index in [1.165, 1.54) is 12.0 Å². The lowest BCUT2D eigenvalue weighted by Gasteiger charge is -2.16. The van der Waals surface area contributed by atoms with Crippen molar-refractivity contribution in [2.75, 3.05) is 25.6 Å². The summed E-state index contributed by atoms with van der Waals surface area (Å²) in [5.41, 5.74) is 6.37. The van der Waals surface area contributed by atoms with Crippen LogP contribution in [0.5, 0.6) is 0 Å². The number of hydrogen-bond acceptors (Lipinski definition) is 4. The first kappa shape index (κ1) is 12.2. The minimum absolute atomic E-state index is 0.0464. The zero-order valence-corrected chi connectivity index (χ0v) is 9.27. The molecular weight excluding hydrogens is 208 g/mol. The lowest BCUT2D eigenvalue weighted by molar-refractivity contribution is -0.117. The Morgan fingerprint density at radius 2 is 1.88 bits per heavy atom. The molecule has 2 N–H and O–H groups in total. The number of nitrogens with zero attached hydrogens (tertiary/aromatic N) is 1. The molecule has 0 aromatic heterocycles. The van der Waals surface area contributed by atoms with Gasteiger partial charge in [-0.05, 0) is 24.3 Å². The number of benzene rings is 1. The molecule has 0 saturated heterocycles. The predicted molar refractivity (Wildman–Crippen MR) is 60.2 cm³/mol. The lowest BCUT2D eigenvalue weighted by atomic mass is 10.2. The standard InChI is InChI=1S/C11H14N2O3/c1-13(10(14)7-12)9-5-3-8(4-6-9)11(15)16-2/h3-6H,7,12H2,1-2H3. The summed E-state index contributed by atoms with van der Waals surface area (Å²) < 4.78 is 4.57. The number of ether oxygens (including phenoxy) is 1. The number of amides is 1. The molecule has 0 heterocycles. The quantitative estimate of drug-likeness (QED) is 0.751. The molecule has 0 aliphatic heterocycles. The van der Waals surface area contributed by atoms with E-state index in [1.54, 1.807) is 31.3 Å². The fourth-order valence-electron chi connectivity index (χ4n) is 1.22. The van der Waals surface area contributed by atoms with Crippen LogP contribution in [0.4, 0.5) is 5.69 Å². The summed E-state index contributed by atoms with van der Waals surface area (Å²) in [5.74, 6) is -0.592. The molecule has 0 aliphatic rings. The van der Waals surface area contributed by atoms with Crippen molar-refractivity contribution in [1.82, 2.24) is 0 Å². The molecule has 0 aliphatic carbocycles. The van der Waals surface area contributed by atoms with Gasteiger partial charge in [0.25, 0.3) is 0 Å². The molecule has 16 heavy (non-hydrogen) atoms. The highest BCUT2D eigenvalue weighted by Crippen LogP contribution is 2.14. The van der Waals surface area contributed by atoms with Gasteiger partial charge in [0.15, 0.2) is 0 Å². The molecule has 1 amide bonds. The van der Waals surface area contributed by atoms with Crippen LogP contribution < -0.4 is 10.6 Å². The molecule has 0 atom stereocenters. The second-order valence-corrected chi connectivity index (χ2v) is 3.20. The SMILES string of the molecule is COC(=O)c1ccc(N(C)C(=O)CN)cc1. The van der Waals surface area contributed by atoms with Gasteiger partial charge in [0.2, 0.25) is 5.91 Å². The first-order chi connectivity index (χ1) is 7.60. The van der Waals surface area contributed by atoms with Gasteiger partial charge in [0.1, 0.15) is 0 Å². The Kier molecular flexibility index (Phi) is 4.02. The Balaban J connectivity index is 2.86. The number of nitrogens with two attached hydrogens (primary N) is 1. The maximum atomic E-state index is 11.3. The fraction of sp³-hybridized carbons (Fsp3) is 0.273. The number of hydrogen-bond donors (Lipinski definition) is 1. The monoisotopic (exact) mass is 222 g/mol. The molecule has 5 heteroatoms. The number of likely N-dealkylation sites (N-methyl/N-ethyl adjacent to an activating group) is 1. The molecule has 0 bridgehead atoms. The van der Waals surface area contributed by atoms with E-state index in [1.807, 2.05) is 0 Å². The number of rotatable bonds is 3. The zero-order chi connectivity index (χ0) is 12.1. The van der Waals surface area contributed by atoms with Gasteiger partial charge in [-0.3, -0.25) is 4.79 Å². The highest BCUT2D eigenvalue weighted by Gasteiger charge is 2.10. The van der Waals surface area contributed by atoms with Crippen molar-refractivity contribution in [3.8, 4) is 0 Å². The van der Waals surface area contributed by atoms with Crippen LogP contribution in [0.25, 0.3) is 0 Å². The van der Waals surface area contributed by atoms with Crippen molar-refractivity contribution in [2.45, 2.75) is 0 Å². The van der Waals surface area contributed by atoms with Crippen molar-refractivity contribution in [3.05, 3.63) is 29.8 Å². The van der Waals surface area contributed by atoms with E-state index in [0.717, 1.165) is 0 Å². The summed E-state index contributed by atoms with van der Waals surface area (Å²) >= 11 is 0. The predicted octanol–water partition coefficient (Wildman–Crippen LogP) is 0.395. The number of carbonyl (C=O) groups excluding carboxylic acids is 2. The summed E-state index contributed by atoms with van der Waals surface area (Å²) in [5, 5.41) is 0. The number of esters is 1. The van der Waals surface area contributed by atoms with Crippen molar-refractivity contribution in [1.29, 1.82) is 0 Å². The number of anilines is 1. The van der Waals surface area contributed by atoms with Crippen molar-refractivity contribution < 1.29 is 14.3 Å². The maximum absolute atomic E-state index is 11.3. The van der Waals surface area contributed by atoms with E-state index in [2.05, 4.69) is 4.74 Å². The van der Waals surface area contributed by atoms with Crippen LogP contribution >= 0.6 is 0 Å². The minimum Gasteiger partial charge on any atom is -0.465 e. The zero-order valence-electron chi connectivity index (χ0n) is 9.27. The molecule has 0 radical (unpaired) electrons. The highest BCUT2D eigenvalue weighted by atomic mass is 16.5. The van der Waals surface area contributed by atoms with Gasteiger partial charge < -0.3 is 15.4 Å². The average molecular weight is 222 g/mol. The van der Waals surface area contributed by atoms with E-state index in [9.17, 15) is 9.59 Å². The van der Waals surface area contributed by atoms with Crippen molar-refractivity contribution in [3.63, 3.8) is 0 Å². The molecule has 86 valence electrons. The van der Waals surface area contributed by atoms with Gasteiger partial charge in [-0.25, -0.2) is 4.79 Å². The molecule has 1 aromatic carbocycles. The number of methoxy groups -OCH3 is 1. The summed E-state index contributed by atoms with van der Waals surface area (Å²) in [6.07, 6.45) is 0. The van der Waals surface area contributed by atoms with Gasteiger partial charge in [-0.2, -0.15) is 0 Å². The van der Waals surface area contributed by atoms with E-state index in [-0.39, 0.29) is 12.5 Å². The molecular formula is C11H14N2O3. The summed E-state index contributed by atoms with van der Waals surface area (Å²) in [6, 6.07) is 6.53. The Hall–Kier alpha value is -1.88. The Morgan fingerprint density at radius 3 is 2.31 bits per heavy atom. The van der Waals surface area contributed by atoms with Crippen LogP contribution in [-0.4, -0.2) is 32.6 Å². The van der Waals surface area contributed by atoms with Gasteiger partial charge >= 0.3 is 5.97 Å². The van der Waals surface area contributed by atoms with Gasteiger partial charge in [-0.15, -0.1) is 0 Å². The van der Waals surface area contributed by atoms with E-state index >= 15 is 0 Å². The van der Waals surface area contributed by atoms with E-state index in [4.69, 9.17) is 5.73 Å². The van der Waals surface area contributed by atoms with Crippen LogP contribution in [0, 0.1) is 0 Å². The maximum Gasteiger partial charge on any atom is 0.337 e. The van der Waals surface area contributed by atoms with Crippen molar-refractivity contribution >= 4 is 17.6 Å². The molecule has 1 aromatic rings. The third-order valence-corrected chi connectivity index (χ3v) is 2.22. The van der Waals surface area contributed by atoms with Crippen molar-refractivity contribution in [2.24, 2.45) is 5.73 Å².